The van der Waals surface area contributed by atoms with Crippen molar-refractivity contribution in [3.8, 4) is 0 Å². The number of halogens is 4. The standard InChI is InChI=1S/C15H10F4O/c16-14(17)11-8-4-5-9-12(11)15(18,19)13(20)10-6-2-1-3-7-10/h1-9,14H. The number of Topliss-reactive ketones (excluding diaryl/α,β-unsaturated/α-hetero) is 1. The predicted molar refractivity (Wildman–Crippen MR) is 66.1 cm³/mol. The van der Waals surface area contributed by atoms with Gasteiger partial charge in [0.25, 0.3) is 6.43 Å². The summed E-state index contributed by atoms with van der Waals surface area (Å²) in [6, 6.07) is 11.1. The van der Waals surface area contributed by atoms with Crippen molar-refractivity contribution in [2.75, 3.05) is 0 Å². The predicted octanol–water partition coefficient (Wildman–Crippen LogP) is 4.60. The Labute approximate surface area is 112 Å². The Morgan fingerprint density at radius 2 is 1.45 bits per heavy atom. The fraction of sp³-hybridized carbons (Fsp3) is 0.133. The van der Waals surface area contributed by atoms with Crippen LogP contribution in [0.15, 0.2) is 54.6 Å². The number of carbonyl (C=O) groups excluding carboxylic acids is 1. The Bertz CT molecular complexity index is 608. The molecule has 0 aliphatic rings. The molecule has 2 aromatic carbocycles. The van der Waals surface area contributed by atoms with E-state index in [9.17, 15) is 22.4 Å². The monoisotopic (exact) mass is 282 g/mol. The average molecular weight is 282 g/mol. The van der Waals surface area contributed by atoms with Gasteiger partial charge in [0.2, 0.25) is 5.78 Å². The van der Waals surface area contributed by atoms with Crippen LogP contribution in [0.2, 0.25) is 0 Å². The van der Waals surface area contributed by atoms with E-state index in [4.69, 9.17) is 0 Å². The van der Waals surface area contributed by atoms with Gasteiger partial charge in [-0.3, -0.25) is 4.79 Å². The first kappa shape index (κ1) is 14.2. The van der Waals surface area contributed by atoms with Crippen molar-refractivity contribution in [1.82, 2.24) is 0 Å². The number of carbonyl (C=O) groups is 1. The first-order valence-corrected chi connectivity index (χ1v) is 5.80. The minimum atomic E-state index is -3.99. The third kappa shape index (κ3) is 2.57. The molecule has 0 bridgehead atoms. The summed E-state index contributed by atoms with van der Waals surface area (Å²) >= 11 is 0. The van der Waals surface area contributed by atoms with Crippen LogP contribution < -0.4 is 0 Å². The van der Waals surface area contributed by atoms with Crippen molar-refractivity contribution >= 4 is 5.78 Å². The van der Waals surface area contributed by atoms with E-state index in [0.29, 0.717) is 0 Å². The molecule has 0 radical (unpaired) electrons. The number of hydrogen-bond donors (Lipinski definition) is 0. The summed E-state index contributed by atoms with van der Waals surface area (Å²) in [5.41, 5.74) is -2.01. The highest BCUT2D eigenvalue weighted by atomic mass is 19.3. The van der Waals surface area contributed by atoms with Gasteiger partial charge < -0.3 is 0 Å². The Morgan fingerprint density at radius 3 is 2.05 bits per heavy atom. The van der Waals surface area contributed by atoms with E-state index in [2.05, 4.69) is 0 Å². The molecule has 0 aliphatic heterocycles. The van der Waals surface area contributed by atoms with Gasteiger partial charge in [0, 0.05) is 16.7 Å². The lowest BCUT2D eigenvalue weighted by molar-refractivity contribution is 0.00469. The maximum Gasteiger partial charge on any atom is 0.335 e. The second kappa shape index (κ2) is 5.45. The SMILES string of the molecule is O=C(c1ccccc1)C(F)(F)c1ccccc1C(F)F. The lowest BCUT2D eigenvalue weighted by Crippen LogP contribution is -2.27. The average Bonchev–Trinajstić information content (AvgIpc) is 2.47. The van der Waals surface area contributed by atoms with E-state index in [1.54, 1.807) is 6.07 Å². The van der Waals surface area contributed by atoms with Crippen LogP contribution >= 0.6 is 0 Å². The smallest absolute Gasteiger partial charge is 0.287 e. The van der Waals surface area contributed by atoms with Gasteiger partial charge in [-0.1, -0.05) is 54.6 Å². The van der Waals surface area contributed by atoms with Crippen LogP contribution in [-0.2, 0) is 5.92 Å². The van der Waals surface area contributed by atoms with Crippen molar-refractivity contribution in [2.45, 2.75) is 12.3 Å². The topological polar surface area (TPSA) is 17.1 Å². The zero-order valence-corrected chi connectivity index (χ0v) is 10.2. The fourth-order valence-corrected chi connectivity index (χ4v) is 1.87. The minimum Gasteiger partial charge on any atom is -0.287 e. The van der Waals surface area contributed by atoms with Crippen LogP contribution in [0, 0.1) is 0 Å². The molecule has 0 saturated heterocycles. The molecule has 20 heavy (non-hydrogen) atoms. The molecule has 0 heterocycles. The van der Waals surface area contributed by atoms with E-state index in [1.807, 2.05) is 0 Å². The van der Waals surface area contributed by atoms with Crippen LogP contribution in [0.25, 0.3) is 0 Å². The first-order chi connectivity index (χ1) is 9.44. The highest BCUT2D eigenvalue weighted by Crippen LogP contribution is 2.37. The maximum atomic E-state index is 14.2. The second-order valence-electron chi connectivity index (χ2n) is 4.16. The highest BCUT2D eigenvalue weighted by molar-refractivity contribution is 6.02. The molecule has 0 fully saturated rings. The van der Waals surface area contributed by atoms with E-state index < -0.39 is 29.3 Å². The zero-order valence-electron chi connectivity index (χ0n) is 10.2. The minimum absolute atomic E-state index is 0.221. The second-order valence-corrected chi connectivity index (χ2v) is 4.16. The number of alkyl halides is 4. The van der Waals surface area contributed by atoms with E-state index in [-0.39, 0.29) is 5.56 Å². The molecule has 2 rings (SSSR count). The molecule has 0 aromatic heterocycles. The van der Waals surface area contributed by atoms with E-state index in [0.717, 1.165) is 12.1 Å². The molecular weight excluding hydrogens is 272 g/mol. The normalized spacial score (nSPS) is 11.7. The third-order valence-corrected chi connectivity index (χ3v) is 2.86. The summed E-state index contributed by atoms with van der Waals surface area (Å²) in [7, 11) is 0. The van der Waals surface area contributed by atoms with Crippen LogP contribution in [0.4, 0.5) is 17.6 Å². The largest absolute Gasteiger partial charge is 0.335 e. The van der Waals surface area contributed by atoms with E-state index >= 15 is 0 Å². The third-order valence-electron chi connectivity index (χ3n) is 2.86. The van der Waals surface area contributed by atoms with Crippen LogP contribution in [-0.4, -0.2) is 5.78 Å². The Hall–Kier alpha value is -2.17. The van der Waals surface area contributed by atoms with Crippen molar-refractivity contribution in [2.24, 2.45) is 0 Å². The highest BCUT2D eigenvalue weighted by Gasteiger charge is 2.43. The molecular formula is C15H10F4O. The molecule has 0 unspecified atom stereocenters. The van der Waals surface area contributed by atoms with Gasteiger partial charge >= 0.3 is 5.92 Å². The molecule has 0 atom stereocenters. The summed E-state index contributed by atoms with van der Waals surface area (Å²) in [6.07, 6.45) is -3.07. The maximum absolute atomic E-state index is 14.2. The van der Waals surface area contributed by atoms with Gasteiger partial charge in [0.1, 0.15) is 0 Å². The van der Waals surface area contributed by atoms with Gasteiger partial charge in [-0.15, -0.1) is 0 Å². The first-order valence-electron chi connectivity index (χ1n) is 5.80. The zero-order chi connectivity index (χ0) is 14.8. The Balaban J connectivity index is 2.48. The van der Waals surface area contributed by atoms with Gasteiger partial charge in [0.05, 0.1) is 0 Å². The van der Waals surface area contributed by atoms with E-state index in [1.165, 1.54) is 36.4 Å². The van der Waals surface area contributed by atoms with Gasteiger partial charge in [-0.05, 0) is 0 Å². The number of benzene rings is 2. The van der Waals surface area contributed by atoms with Crippen molar-refractivity contribution in [1.29, 1.82) is 0 Å². The quantitative estimate of drug-likeness (QED) is 0.591. The molecule has 5 heteroatoms. The molecule has 1 nitrogen and oxygen atoms in total. The fourth-order valence-electron chi connectivity index (χ4n) is 1.87. The Kier molecular flexibility index (Phi) is 3.88. The Morgan fingerprint density at radius 1 is 0.900 bits per heavy atom. The van der Waals surface area contributed by atoms with Gasteiger partial charge in [0.15, 0.2) is 0 Å². The lowest BCUT2D eigenvalue weighted by atomic mass is 9.95. The molecule has 0 N–H and O–H groups in total. The van der Waals surface area contributed by atoms with Gasteiger partial charge in [-0.25, -0.2) is 8.78 Å². The summed E-state index contributed by atoms with van der Waals surface area (Å²) in [5.74, 6) is -5.49. The van der Waals surface area contributed by atoms with Crippen LogP contribution in [0.3, 0.4) is 0 Å². The van der Waals surface area contributed by atoms with Crippen LogP contribution in [0.5, 0.6) is 0 Å². The molecule has 0 saturated carbocycles. The van der Waals surface area contributed by atoms with Crippen molar-refractivity contribution in [3.05, 3.63) is 71.3 Å². The van der Waals surface area contributed by atoms with Crippen LogP contribution in [0.1, 0.15) is 27.9 Å². The molecule has 104 valence electrons. The number of ketones is 1. The summed E-state index contributed by atoms with van der Waals surface area (Å²) in [5, 5.41) is 0. The van der Waals surface area contributed by atoms with Gasteiger partial charge in [-0.2, -0.15) is 8.78 Å². The number of hydrogen-bond acceptors (Lipinski definition) is 1. The molecule has 0 amide bonds. The van der Waals surface area contributed by atoms with Crippen molar-refractivity contribution < 1.29 is 22.4 Å². The molecule has 0 spiro atoms. The number of rotatable bonds is 4. The summed E-state index contributed by atoms with van der Waals surface area (Å²) in [4.78, 5) is 11.8. The molecule has 2 aromatic rings. The lowest BCUT2D eigenvalue weighted by Gasteiger charge is -2.18. The summed E-state index contributed by atoms with van der Waals surface area (Å²) in [6.45, 7) is 0. The molecule has 0 aliphatic carbocycles. The van der Waals surface area contributed by atoms with Crippen molar-refractivity contribution in [3.63, 3.8) is 0 Å². The summed E-state index contributed by atoms with van der Waals surface area (Å²) < 4.78 is 53.9.